The molecular weight excluding hydrogens is 544 g/mol. The quantitative estimate of drug-likeness (QED) is 0.319. The number of benzene rings is 2. The third-order valence-electron chi connectivity index (χ3n) is 8.88. The first-order valence-corrected chi connectivity index (χ1v) is 13.6. The molecule has 0 saturated carbocycles. The maximum Gasteiger partial charge on any atom is 0.255 e. The van der Waals surface area contributed by atoms with E-state index in [0.717, 1.165) is 5.56 Å². The molecule has 4 atom stereocenters. The highest BCUT2D eigenvalue weighted by atomic mass is 16.5. The number of aryl methyl sites for hydroxylation is 1. The fraction of sp³-hybridized carbons (Fsp3) is 0.387. The third kappa shape index (κ3) is 3.83. The van der Waals surface area contributed by atoms with Gasteiger partial charge in [0, 0.05) is 17.1 Å². The molecule has 5 rings (SSSR count). The number of carbonyl (C=O) groups is 3. The zero-order valence-corrected chi connectivity index (χ0v) is 24.0. The molecular formula is C31H34N2O9. The smallest absolute Gasteiger partial charge is 0.255 e. The van der Waals surface area contributed by atoms with Crippen molar-refractivity contribution in [2.24, 2.45) is 17.6 Å². The van der Waals surface area contributed by atoms with Gasteiger partial charge in [-0.05, 0) is 62.0 Å². The lowest BCUT2D eigenvalue weighted by Gasteiger charge is -2.50. The van der Waals surface area contributed by atoms with Crippen LogP contribution in [-0.4, -0.2) is 82.8 Å². The fourth-order valence-corrected chi connectivity index (χ4v) is 7.02. The van der Waals surface area contributed by atoms with Gasteiger partial charge in [0.15, 0.2) is 22.9 Å². The number of ketones is 2. The van der Waals surface area contributed by atoms with Crippen LogP contribution in [0.25, 0.3) is 11.1 Å². The van der Waals surface area contributed by atoms with E-state index in [1.165, 1.54) is 18.1 Å². The van der Waals surface area contributed by atoms with Gasteiger partial charge in [0.1, 0.15) is 22.8 Å². The van der Waals surface area contributed by atoms with Crippen molar-refractivity contribution < 1.29 is 44.3 Å². The fourth-order valence-electron chi connectivity index (χ4n) is 7.02. The summed E-state index contributed by atoms with van der Waals surface area (Å²) < 4.78 is 11.4. The number of aliphatic hydroxyl groups excluding tert-OH is 2. The van der Waals surface area contributed by atoms with Gasteiger partial charge in [0.05, 0.1) is 25.8 Å². The minimum Gasteiger partial charge on any atom is -0.510 e. The number of nitrogens with zero attached hydrogens (tertiary/aromatic N) is 1. The molecule has 0 bridgehead atoms. The van der Waals surface area contributed by atoms with Gasteiger partial charge >= 0.3 is 0 Å². The van der Waals surface area contributed by atoms with Gasteiger partial charge in [0.2, 0.25) is 5.78 Å². The molecule has 11 heteroatoms. The second-order valence-electron chi connectivity index (χ2n) is 11.1. The van der Waals surface area contributed by atoms with E-state index in [2.05, 4.69) is 0 Å². The summed E-state index contributed by atoms with van der Waals surface area (Å²) >= 11 is 0. The number of aliphatic hydroxyl groups is 3. The topological polar surface area (TPSA) is 180 Å². The number of rotatable bonds is 6. The molecule has 6 N–H and O–H groups in total. The number of Topliss-reactive ketones (excluding diaryl/α,β-unsaturated/α-hetero) is 2. The first-order chi connectivity index (χ1) is 19.8. The molecule has 0 heterocycles. The summed E-state index contributed by atoms with van der Waals surface area (Å²) in [6.45, 7) is 1.99. The van der Waals surface area contributed by atoms with E-state index >= 15 is 0 Å². The van der Waals surface area contributed by atoms with E-state index in [4.69, 9.17) is 15.2 Å². The maximum absolute atomic E-state index is 14.0. The summed E-state index contributed by atoms with van der Waals surface area (Å²) in [5.41, 5.74) is 4.22. The molecule has 0 fully saturated rings. The van der Waals surface area contributed by atoms with Crippen molar-refractivity contribution >= 4 is 17.5 Å². The van der Waals surface area contributed by atoms with Crippen LogP contribution in [0.5, 0.6) is 17.2 Å². The van der Waals surface area contributed by atoms with Gasteiger partial charge in [0.25, 0.3) is 5.91 Å². The molecule has 2 aromatic carbocycles. The van der Waals surface area contributed by atoms with Gasteiger partial charge in [-0.1, -0.05) is 25.1 Å². The van der Waals surface area contributed by atoms with Crippen LogP contribution in [0.3, 0.4) is 0 Å². The summed E-state index contributed by atoms with van der Waals surface area (Å²) in [6, 6.07) is 5.74. The molecule has 0 radical (unpaired) electrons. The second-order valence-corrected chi connectivity index (χ2v) is 11.1. The average Bonchev–Trinajstić information content (AvgIpc) is 2.93. The van der Waals surface area contributed by atoms with Crippen molar-refractivity contribution in [3.8, 4) is 28.4 Å². The lowest BCUT2D eigenvalue weighted by Crippen LogP contribution is -2.63. The third-order valence-corrected chi connectivity index (χ3v) is 8.88. The molecule has 222 valence electrons. The summed E-state index contributed by atoms with van der Waals surface area (Å²) in [7, 11) is 6.23. The Hall–Kier alpha value is -4.35. The van der Waals surface area contributed by atoms with Crippen LogP contribution in [0.4, 0.5) is 0 Å². The van der Waals surface area contributed by atoms with Crippen molar-refractivity contribution in [1.29, 1.82) is 0 Å². The molecule has 3 aliphatic rings. The number of likely N-dealkylation sites (N-methyl/N-ethyl adjacent to an activating group) is 1. The Kier molecular flexibility index (Phi) is 7.06. The Morgan fingerprint density at radius 2 is 1.69 bits per heavy atom. The van der Waals surface area contributed by atoms with Crippen LogP contribution in [0, 0.1) is 11.8 Å². The maximum atomic E-state index is 14.0. The number of phenols is 1. The standard InChI is InChI=1S/C31H34N2O9/c1-6-13-7-8-16(27(42-5)26(13)41-4)15-9-10-19(34)21-17(15)11-14-12-18-23(33(2)3)25(36)22(30(32)39)29(38)31(18,40)28(37)20(14)24(21)35/h7-10,14,18,23,34,36-37,40H,6,11-12H2,1-5H3,(H2,32,39)/t14-,18-,23-,31-/m0/s1. The summed E-state index contributed by atoms with van der Waals surface area (Å²) in [5.74, 6) is -5.95. The van der Waals surface area contributed by atoms with E-state index in [0.29, 0.717) is 34.6 Å². The Morgan fingerprint density at radius 1 is 1.05 bits per heavy atom. The Bertz CT molecular complexity index is 1610. The van der Waals surface area contributed by atoms with Crippen molar-refractivity contribution in [3.05, 3.63) is 63.6 Å². The molecule has 0 saturated heterocycles. The van der Waals surface area contributed by atoms with Crippen LogP contribution < -0.4 is 15.2 Å². The molecule has 0 aliphatic heterocycles. The monoisotopic (exact) mass is 578 g/mol. The zero-order chi connectivity index (χ0) is 30.8. The molecule has 2 aromatic rings. The first-order valence-electron chi connectivity index (χ1n) is 13.6. The summed E-state index contributed by atoms with van der Waals surface area (Å²) in [4.78, 5) is 41.2. The highest BCUT2D eigenvalue weighted by Gasteiger charge is 2.63. The molecule has 0 spiro atoms. The lowest BCUT2D eigenvalue weighted by atomic mass is 9.58. The highest BCUT2D eigenvalue weighted by Crippen LogP contribution is 2.54. The molecule has 0 unspecified atom stereocenters. The van der Waals surface area contributed by atoms with Gasteiger partial charge in [-0.25, -0.2) is 0 Å². The molecule has 0 aromatic heterocycles. The Balaban J connectivity index is 1.74. The second kappa shape index (κ2) is 10.2. The van der Waals surface area contributed by atoms with Gasteiger partial charge in [-0.3, -0.25) is 19.3 Å². The summed E-state index contributed by atoms with van der Waals surface area (Å²) in [6.07, 6.45) is 0.839. The van der Waals surface area contributed by atoms with Crippen LogP contribution in [0.1, 0.15) is 34.8 Å². The van der Waals surface area contributed by atoms with Crippen molar-refractivity contribution in [1.82, 2.24) is 4.90 Å². The average molecular weight is 579 g/mol. The number of amides is 1. The van der Waals surface area contributed by atoms with E-state index in [1.54, 1.807) is 27.3 Å². The van der Waals surface area contributed by atoms with Crippen LogP contribution in [0.2, 0.25) is 0 Å². The molecule has 3 aliphatic carbocycles. The van der Waals surface area contributed by atoms with Crippen molar-refractivity contribution in [2.75, 3.05) is 28.3 Å². The van der Waals surface area contributed by atoms with Gasteiger partial charge in [-0.2, -0.15) is 0 Å². The number of allylic oxidation sites excluding steroid dienone is 1. The molecule has 1 amide bonds. The van der Waals surface area contributed by atoms with Crippen molar-refractivity contribution in [3.63, 3.8) is 0 Å². The predicted molar refractivity (Wildman–Crippen MR) is 152 cm³/mol. The number of phenolic OH excluding ortho intramolecular Hbond substituents is 1. The number of primary amides is 1. The number of fused-ring (bicyclic) bond motifs is 3. The number of carbonyl (C=O) groups excluding carboxylic acids is 3. The van der Waals surface area contributed by atoms with E-state index in [9.17, 15) is 34.8 Å². The van der Waals surface area contributed by atoms with Crippen molar-refractivity contribution in [2.45, 2.75) is 37.8 Å². The highest BCUT2D eigenvalue weighted by molar-refractivity contribution is 6.25. The SMILES string of the molecule is CCc1ccc(-c2ccc(O)c3c2C[C@H]2C[C@H]4[C@H](N(C)C)C(O)=C(C(N)=O)C(=O)[C@@]4(O)C(O)=C2C3=O)c(OC)c1OC. The lowest BCUT2D eigenvalue weighted by molar-refractivity contribution is -0.148. The Morgan fingerprint density at radius 3 is 2.26 bits per heavy atom. The number of nitrogens with two attached hydrogens (primary N) is 1. The van der Waals surface area contributed by atoms with Crippen LogP contribution >= 0.6 is 0 Å². The zero-order valence-electron chi connectivity index (χ0n) is 24.0. The van der Waals surface area contributed by atoms with E-state index < -0.39 is 58.0 Å². The molecule has 42 heavy (non-hydrogen) atoms. The number of aromatic hydroxyl groups is 1. The van der Waals surface area contributed by atoms with E-state index in [1.807, 2.05) is 19.1 Å². The largest absolute Gasteiger partial charge is 0.510 e. The summed E-state index contributed by atoms with van der Waals surface area (Å²) in [5, 5.41) is 45.1. The minimum atomic E-state index is -2.69. The minimum absolute atomic E-state index is 0.00388. The van der Waals surface area contributed by atoms with Gasteiger partial charge < -0.3 is 35.6 Å². The van der Waals surface area contributed by atoms with Gasteiger partial charge in [-0.15, -0.1) is 0 Å². The normalized spacial score (nSPS) is 25.3. The number of hydrogen-bond donors (Lipinski definition) is 5. The first kappa shape index (κ1) is 29.2. The van der Waals surface area contributed by atoms with Crippen LogP contribution in [-0.2, 0) is 22.4 Å². The number of hydrogen-bond acceptors (Lipinski definition) is 10. The Labute approximate surface area is 242 Å². The number of ether oxygens (including phenoxy) is 2. The van der Waals surface area contributed by atoms with Crippen LogP contribution in [0.15, 0.2) is 46.9 Å². The van der Waals surface area contributed by atoms with E-state index in [-0.39, 0.29) is 29.7 Å². The predicted octanol–water partition coefficient (Wildman–Crippen LogP) is 2.37. The molecule has 11 nitrogen and oxygen atoms in total. The number of methoxy groups -OCH3 is 2.